The first-order valence-electron chi connectivity index (χ1n) is 5.70. The van der Waals surface area contributed by atoms with Crippen molar-refractivity contribution in [1.82, 2.24) is 9.97 Å². The number of aromatic amines is 1. The molecule has 0 aliphatic carbocycles. The second-order valence-electron chi connectivity index (χ2n) is 4.34. The van der Waals surface area contributed by atoms with E-state index in [4.69, 9.17) is 0 Å². The van der Waals surface area contributed by atoms with Gasteiger partial charge in [0.15, 0.2) is 11.6 Å². The average molecular weight is 260 g/mol. The maximum absolute atomic E-state index is 13.6. The summed E-state index contributed by atoms with van der Waals surface area (Å²) in [6.07, 6.45) is 0. The first kappa shape index (κ1) is 11.6. The van der Waals surface area contributed by atoms with Gasteiger partial charge in [0, 0.05) is 5.56 Å². The van der Waals surface area contributed by atoms with E-state index in [-0.39, 0.29) is 11.3 Å². The number of aryl methyl sites for hydroxylation is 1. The number of phenols is 1. The number of imidazole rings is 1. The highest BCUT2D eigenvalue weighted by atomic mass is 19.2. The SMILES string of the molecule is Cc1cc(O)ccc1-c1nc2c(F)c(F)ccc2[nH]1. The van der Waals surface area contributed by atoms with Crippen molar-refractivity contribution in [1.29, 1.82) is 0 Å². The fourth-order valence-electron chi connectivity index (χ4n) is 2.06. The van der Waals surface area contributed by atoms with Gasteiger partial charge in [0.25, 0.3) is 0 Å². The molecule has 2 aromatic carbocycles. The zero-order chi connectivity index (χ0) is 13.6. The van der Waals surface area contributed by atoms with Gasteiger partial charge in [-0.3, -0.25) is 0 Å². The molecule has 0 spiro atoms. The van der Waals surface area contributed by atoms with Gasteiger partial charge in [-0.05, 0) is 42.8 Å². The van der Waals surface area contributed by atoms with Gasteiger partial charge in [0.1, 0.15) is 17.1 Å². The number of H-pyrrole nitrogens is 1. The molecule has 1 heterocycles. The number of nitrogens with zero attached hydrogens (tertiary/aromatic N) is 1. The fourth-order valence-corrected chi connectivity index (χ4v) is 2.06. The number of hydrogen-bond acceptors (Lipinski definition) is 2. The summed E-state index contributed by atoms with van der Waals surface area (Å²) < 4.78 is 26.7. The summed E-state index contributed by atoms with van der Waals surface area (Å²) in [5.74, 6) is -1.30. The number of rotatable bonds is 1. The van der Waals surface area contributed by atoms with Gasteiger partial charge in [-0.1, -0.05) is 0 Å². The predicted octanol–water partition coefficient (Wildman–Crippen LogP) is 3.52. The van der Waals surface area contributed by atoms with Crippen LogP contribution in [-0.2, 0) is 0 Å². The van der Waals surface area contributed by atoms with E-state index < -0.39 is 11.6 Å². The third-order valence-corrected chi connectivity index (χ3v) is 3.01. The van der Waals surface area contributed by atoms with Crippen LogP contribution in [0.15, 0.2) is 30.3 Å². The molecule has 19 heavy (non-hydrogen) atoms. The summed E-state index contributed by atoms with van der Waals surface area (Å²) in [6, 6.07) is 7.28. The Balaban J connectivity index is 2.23. The van der Waals surface area contributed by atoms with E-state index in [1.165, 1.54) is 12.1 Å². The Kier molecular flexibility index (Phi) is 2.48. The van der Waals surface area contributed by atoms with Gasteiger partial charge >= 0.3 is 0 Å². The Hall–Kier alpha value is -2.43. The minimum Gasteiger partial charge on any atom is -0.508 e. The second kappa shape index (κ2) is 4.05. The lowest BCUT2D eigenvalue weighted by atomic mass is 10.1. The third kappa shape index (κ3) is 1.83. The predicted molar refractivity (Wildman–Crippen MR) is 67.8 cm³/mol. The van der Waals surface area contributed by atoms with Crippen molar-refractivity contribution in [2.24, 2.45) is 0 Å². The lowest BCUT2D eigenvalue weighted by Crippen LogP contribution is -1.85. The van der Waals surface area contributed by atoms with Gasteiger partial charge in [-0.25, -0.2) is 13.8 Å². The van der Waals surface area contributed by atoms with Crippen molar-refractivity contribution in [3.63, 3.8) is 0 Å². The summed E-state index contributed by atoms with van der Waals surface area (Å²) in [5.41, 5.74) is 1.93. The number of hydrogen-bond donors (Lipinski definition) is 2. The Morgan fingerprint density at radius 2 is 1.95 bits per heavy atom. The number of halogens is 2. The van der Waals surface area contributed by atoms with Gasteiger partial charge in [0.05, 0.1) is 5.52 Å². The van der Waals surface area contributed by atoms with Crippen LogP contribution in [0.3, 0.4) is 0 Å². The maximum Gasteiger partial charge on any atom is 0.186 e. The molecule has 0 aliphatic heterocycles. The quantitative estimate of drug-likeness (QED) is 0.703. The lowest BCUT2D eigenvalue weighted by molar-refractivity contribution is 0.475. The number of nitrogens with one attached hydrogen (secondary N) is 1. The zero-order valence-electron chi connectivity index (χ0n) is 10.0. The maximum atomic E-state index is 13.6. The monoisotopic (exact) mass is 260 g/mol. The van der Waals surface area contributed by atoms with Gasteiger partial charge in [0.2, 0.25) is 0 Å². The molecule has 3 nitrogen and oxygen atoms in total. The highest BCUT2D eigenvalue weighted by Crippen LogP contribution is 2.27. The van der Waals surface area contributed by atoms with E-state index in [1.54, 1.807) is 19.1 Å². The largest absolute Gasteiger partial charge is 0.508 e. The molecular weight excluding hydrogens is 250 g/mol. The van der Waals surface area contributed by atoms with Crippen molar-refractivity contribution >= 4 is 11.0 Å². The van der Waals surface area contributed by atoms with E-state index in [1.807, 2.05) is 0 Å². The van der Waals surface area contributed by atoms with Crippen LogP contribution in [0.1, 0.15) is 5.56 Å². The normalized spacial score (nSPS) is 11.1. The van der Waals surface area contributed by atoms with Crippen LogP contribution >= 0.6 is 0 Å². The molecule has 0 amide bonds. The number of benzene rings is 2. The molecule has 96 valence electrons. The van der Waals surface area contributed by atoms with Crippen molar-refractivity contribution in [2.75, 3.05) is 0 Å². The average Bonchev–Trinajstić information content (AvgIpc) is 2.78. The van der Waals surface area contributed by atoms with Gasteiger partial charge in [-0.15, -0.1) is 0 Å². The standard InChI is InChI=1S/C14H10F2N2O/c1-7-6-8(19)2-3-9(7)14-17-11-5-4-10(15)12(16)13(11)18-14/h2-6,19H,1H3,(H,17,18). The van der Waals surface area contributed by atoms with Gasteiger partial charge < -0.3 is 10.1 Å². The Bertz CT molecular complexity index is 780. The number of fused-ring (bicyclic) bond motifs is 1. The van der Waals surface area contributed by atoms with Crippen LogP contribution in [0.25, 0.3) is 22.4 Å². The smallest absolute Gasteiger partial charge is 0.186 e. The van der Waals surface area contributed by atoms with E-state index >= 15 is 0 Å². The Labute approximate surface area is 107 Å². The minimum atomic E-state index is -0.962. The lowest BCUT2D eigenvalue weighted by Gasteiger charge is -2.02. The molecule has 0 unspecified atom stereocenters. The van der Waals surface area contributed by atoms with Crippen LogP contribution in [0, 0.1) is 18.6 Å². The number of phenolic OH excluding ortho intramolecular Hbond substituents is 1. The first-order valence-corrected chi connectivity index (χ1v) is 5.70. The zero-order valence-corrected chi connectivity index (χ0v) is 10.0. The molecule has 0 aliphatic rings. The molecule has 3 aromatic rings. The summed E-state index contributed by atoms with van der Waals surface area (Å²) in [6.45, 7) is 1.80. The highest BCUT2D eigenvalue weighted by Gasteiger charge is 2.13. The van der Waals surface area contributed by atoms with Crippen LogP contribution in [-0.4, -0.2) is 15.1 Å². The molecule has 0 radical (unpaired) electrons. The number of aromatic nitrogens is 2. The molecule has 0 bridgehead atoms. The molecular formula is C14H10F2N2O. The molecule has 0 atom stereocenters. The summed E-state index contributed by atoms with van der Waals surface area (Å²) in [4.78, 5) is 7.02. The van der Waals surface area contributed by atoms with E-state index in [9.17, 15) is 13.9 Å². The van der Waals surface area contributed by atoms with Crippen molar-refractivity contribution in [2.45, 2.75) is 6.92 Å². The van der Waals surface area contributed by atoms with Crippen LogP contribution in [0.4, 0.5) is 8.78 Å². The summed E-state index contributed by atoms with van der Waals surface area (Å²) in [5, 5.41) is 9.36. The Morgan fingerprint density at radius 1 is 1.16 bits per heavy atom. The molecule has 3 rings (SSSR count). The summed E-state index contributed by atoms with van der Waals surface area (Å²) in [7, 11) is 0. The van der Waals surface area contributed by atoms with E-state index in [0.29, 0.717) is 11.3 Å². The Morgan fingerprint density at radius 3 is 2.68 bits per heavy atom. The first-order chi connectivity index (χ1) is 9.06. The van der Waals surface area contributed by atoms with Crippen molar-refractivity contribution in [3.8, 4) is 17.1 Å². The highest BCUT2D eigenvalue weighted by molar-refractivity contribution is 5.80. The van der Waals surface area contributed by atoms with Crippen LogP contribution in [0.2, 0.25) is 0 Å². The molecule has 0 saturated heterocycles. The summed E-state index contributed by atoms with van der Waals surface area (Å²) >= 11 is 0. The van der Waals surface area contributed by atoms with E-state index in [2.05, 4.69) is 9.97 Å². The minimum absolute atomic E-state index is 0.0255. The second-order valence-corrected chi connectivity index (χ2v) is 4.34. The van der Waals surface area contributed by atoms with E-state index in [0.717, 1.165) is 17.2 Å². The number of aromatic hydroxyl groups is 1. The fraction of sp³-hybridized carbons (Fsp3) is 0.0714. The molecule has 1 aromatic heterocycles. The van der Waals surface area contributed by atoms with Crippen molar-refractivity contribution < 1.29 is 13.9 Å². The third-order valence-electron chi connectivity index (χ3n) is 3.01. The molecule has 2 N–H and O–H groups in total. The van der Waals surface area contributed by atoms with Gasteiger partial charge in [-0.2, -0.15) is 0 Å². The van der Waals surface area contributed by atoms with Crippen molar-refractivity contribution in [3.05, 3.63) is 47.5 Å². The van der Waals surface area contributed by atoms with Crippen LogP contribution < -0.4 is 0 Å². The van der Waals surface area contributed by atoms with Crippen LogP contribution in [0.5, 0.6) is 5.75 Å². The topological polar surface area (TPSA) is 48.9 Å². The molecule has 0 saturated carbocycles. The molecule has 5 heteroatoms. The molecule has 0 fully saturated rings.